The molecular weight excluding hydrogens is 305 g/mol. The summed E-state index contributed by atoms with van der Waals surface area (Å²) in [4.78, 5) is 29.4. The van der Waals surface area contributed by atoms with Crippen LogP contribution in [0.5, 0.6) is 5.75 Å². The van der Waals surface area contributed by atoms with E-state index in [-0.39, 0.29) is 11.5 Å². The number of benzene rings is 2. The molecule has 0 aliphatic heterocycles. The Bertz CT molecular complexity index is 691. The van der Waals surface area contributed by atoms with Crippen LogP contribution >= 0.6 is 7.82 Å². The third-order valence-electron chi connectivity index (χ3n) is 3.02. The number of hydrogen-bond acceptors (Lipinski definition) is 4. The van der Waals surface area contributed by atoms with E-state index in [1.165, 1.54) is 12.1 Å². The number of nitrogens with two attached hydrogens (primary N) is 1. The first-order chi connectivity index (χ1) is 10.3. The number of carbonyl (C=O) groups is 1. The summed E-state index contributed by atoms with van der Waals surface area (Å²) in [6, 6.07) is 13.0. The van der Waals surface area contributed by atoms with Crippen molar-refractivity contribution in [2.45, 2.75) is 12.8 Å². The van der Waals surface area contributed by atoms with Crippen molar-refractivity contribution in [1.82, 2.24) is 0 Å². The summed E-state index contributed by atoms with van der Waals surface area (Å²) in [7, 11) is -4.54. The quantitative estimate of drug-likeness (QED) is 0.428. The Morgan fingerprint density at radius 3 is 2.18 bits per heavy atom. The normalized spacial score (nSPS) is 11.2. The van der Waals surface area contributed by atoms with Crippen molar-refractivity contribution in [3.8, 4) is 5.75 Å². The number of anilines is 1. The van der Waals surface area contributed by atoms with Gasteiger partial charge in [-0.25, -0.2) is 4.57 Å². The first-order valence-corrected chi connectivity index (χ1v) is 8.09. The molecule has 0 radical (unpaired) electrons. The van der Waals surface area contributed by atoms with E-state index in [0.717, 1.165) is 5.56 Å². The van der Waals surface area contributed by atoms with Gasteiger partial charge in [-0.2, -0.15) is 0 Å². The molecule has 0 saturated heterocycles. The number of aryl methyl sites for hydroxylation is 1. The van der Waals surface area contributed by atoms with Crippen LogP contribution in [0.3, 0.4) is 0 Å². The minimum Gasteiger partial charge on any atom is -0.404 e. The fourth-order valence-corrected chi connectivity index (χ4v) is 2.32. The maximum absolute atomic E-state index is 12.0. The van der Waals surface area contributed by atoms with Gasteiger partial charge in [-0.3, -0.25) is 14.6 Å². The van der Waals surface area contributed by atoms with Gasteiger partial charge in [0.1, 0.15) is 5.75 Å². The average molecular weight is 321 g/mol. The lowest BCUT2D eigenvalue weighted by Gasteiger charge is -2.07. The smallest absolute Gasteiger partial charge is 0.404 e. The second-order valence-electron chi connectivity index (χ2n) is 4.77. The monoisotopic (exact) mass is 321 g/mol. The Hall–Kier alpha value is -2.14. The van der Waals surface area contributed by atoms with Crippen LogP contribution in [0.25, 0.3) is 0 Å². The molecule has 22 heavy (non-hydrogen) atoms. The van der Waals surface area contributed by atoms with Gasteiger partial charge < -0.3 is 10.3 Å². The molecule has 6 nitrogen and oxygen atoms in total. The molecule has 0 aliphatic rings. The van der Waals surface area contributed by atoms with E-state index in [1.807, 2.05) is 0 Å². The molecule has 4 N–H and O–H groups in total. The molecule has 0 amide bonds. The molecule has 0 unspecified atom stereocenters. The number of rotatable bonds is 6. The molecule has 0 spiro atoms. The van der Waals surface area contributed by atoms with Gasteiger partial charge in [-0.15, -0.1) is 0 Å². The van der Waals surface area contributed by atoms with Crippen LogP contribution in [0.15, 0.2) is 48.5 Å². The summed E-state index contributed by atoms with van der Waals surface area (Å²) in [5, 5.41) is 0. The zero-order valence-corrected chi connectivity index (χ0v) is 12.6. The SMILES string of the molecule is Nc1ccc(C(=O)CCc2ccc(OP(=O)(O)O)cc2)cc1. The highest BCUT2D eigenvalue weighted by molar-refractivity contribution is 7.46. The third kappa shape index (κ3) is 5.00. The summed E-state index contributed by atoms with van der Waals surface area (Å²) in [6.07, 6.45) is 0.863. The first-order valence-electron chi connectivity index (χ1n) is 6.56. The van der Waals surface area contributed by atoms with E-state index in [4.69, 9.17) is 15.5 Å². The van der Waals surface area contributed by atoms with Crippen LogP contribution in [0, 0.1) is 0 Å². The molecule has 0 aromatic heterocycles. The number of ketones is 1. The standard InChI is InChI=1S/C15H16NO5P/c16-13-6-4-12(5-7-13)15(17)10-3-11-1-8-14(9-2-11)21-22(18,19)20/h1-2,4-9H,3,10,16H2,(H2,18,19,20). The van der Waals surface area contributed by atoms with Gasteiger partial charge in [0, 0.05) is 17.7 Å². The molecule has 0 heterocycles. The fourth-order valence-electron chi connectivity index (χ4n) is 1.93. The number of hydrogen-bond donors (Lipinski definition) is 3. The molecule has 0 atom stereocenters. The molecule has 0 aliphatic carbocycles. The number of phosphoric acid groups is 1. The highest BCUT2D eigenvalue weighted by Gasteiger charge is 2.15. The minimum atomic E-state index is -4.54. The summed E-state index contributed by atoms with van der Waals surface area (Å²) in [6.45, 7) is 0. The van der Waals surface area contributed by atoms with Crippen LogP contribution < -0.4 is 10.3 Å². The number of phosphoric ester groups is 1. The van der Waals surface area contributed by atoms with Crippen LogP contribution in [0.1, 0.15) is 22.3 Å². The highest BCUT2D eigenvalue weighted by Crippen LogP contribution is 2.37. The lowest BCUT2D eigenvalue weighted by molar-refractivity contribution is 0.0983. The molecule has 7 heteroatoms. The maximum Gasteiger partial charge on any atom is 0.524 e. The van der Waals surface area contributed by atoms with Crippen molar-refractivity contribution in [3.63, 3.8) is 0 Å². The van der Waals surface area contributed by atoms with Gasteiger partial charge in [0.25, 0.3) is 0 Å². The van der Waals surface area contributed by atoms with E-state index < -0.39 is 7.82 Å². The van der Waals surface area contributed by atoms with E-state index >= 15 is 0 Å². The zero-order chi connectivity index (χ0) is 16.2. The molecule has 0 fully saturated rings. The lowest BCUT2D eigenvalue weighted by Crippen LogP contribution is -2.01. The third-order valence-corrected chi connectivity index (χ3v) is 3.47. The number of nitrogen functional groups attached to an aromatic ring is 1. The molecule has 116 valence electrons. The van der Waals surface area contributed by atoms with Crippen molar-refractivity contribution in [2.75, 3.05) is 5.73 Å². The van der Waals surface area contributed by atoms with Gasteiger partial charge in [0.15, 0.2) is 5.78 Å². The Kier molecular flexibility index (Phi) is 4.98. The Labute approximate surface area is 127 Å². The van der Waals surface area contributed by atoms with E-state index in [9.17, 15) is 9.36 Å². The van der Waals surface area contributed by atoms with Crippen molar-refractivity contribution in [3.05, 3.63) is 59.7 Å². The zero-order valence-electron chi connectivity index (χ0n) is 11.7. The molecule has 2 aromatic carbocycles. The Morgan fingerprint density at radius 1 is 1.05 bits per heavy atom. The summed E-state index contributed by atoms with van der Waals surface area (Å²) in [5.74, 6) is 0.0949. The second-order valence-corrected chi connectivity index (χ2v) is 5.93. The molecule has 0 bridgehead atoms. The average Bonchev–Trinajstić information content (AvgIpc) is 2.45. The van der Waals surface area contributed by atoms with Gasteiger partial charge in [0.2, 0.25) is 0 Å². The van der Waals surface area contributed by atoms with Crippen molar-refractivity contribution < 1.29 is 23.7 Å². The largest absolute Gasteiger partial charge is 0.524 e. The van der Waals surface area contributed by atoms with Gasteiger partial charge in [-0.1, -0.05) is 12.1 Å². The van der Waals surface area contributed by atoms with Gasteiger partial charge >= 0.3 is 7.82 Å². The second kappa shape index (κ2) is 6.75. The highest BCUT2D eigenvalue weighted by atomic mass is 31.2. The summed E-state index contributed by atoms with van der Waals surface area (Å²) in [5.41, 5.74) is 7.66. The maximum atomic E-state index is 12.0. The van der Waals surface area contributed by atoms with E-state index in [2.05, 4.69) is 4.52 Å². The first kappa shape index (κ1) is 16.2. The number of Topliss-reactive ketones (excluding diaryl/α,β-unsaturated/α-hetero) is 1. The predicted octanol–water partition coefficient (Wildman–Crippen LogP) is 2.56. The van der Waals surface area contributed by atoms with Crippen molar-refractivity contribution in [2.24, 2.45) is 0 Å². The van der Waals surface area contributed by atoms with Crippen LogP contribution in [-0.2, 0) is 11.0 Å². The Morgan fingerprint density at radius 2 is 1.64 bits per heavy atom. The molecule has 2 aromatic rings. The fraction of sp³-hybridized carbons (Fsp3) is 0.133. The molecular formula is C15H16NO5P. The van der Waals surface area contributed by atoms with Crippen molar-refractivity contribution in [1.29, 1.82) is 0 Å². The summed E-state index contributed by atoms with van der Waals surface area (Å²) < 4.78 is 15.2. The topological polar surface area (TPSA) is 110 Å². The van der Waals surface area contributed by atoms with Crippen LogP contribution in [-0.4, -0.2) is 15.6 Å². The predicted molar refractivity (Wildman–Crippen MR) is 82.6 cm³/mol. The van der Waals surface area contributed by atoms with Crippen molar-refractivity contribution >= 4 is 19.3 Å². The van der Waals surface area contributed by atoms with Gasteiger partial charge in [-0.05, 0) is 48.4 Å². The molecule has 0 saturated carbocycles. The minimum absolute atomic E-state index is 0.00976. The summed E-state index contributed by atoms with van der Waals surface area (Å²) >= 11 is 0. The van der Waals surface area contributed by atoms with E-state index in [1.54, 1.807) is 36.4 Å². The molecule has 2 rings (SSSR count). The van der Waals surface area contributed by atoms with Crippen LogP contribution in [0.4, 0.5) is 5.69 Å². The number of carbonyl (C=O) groups excluding carboxylic acids is 1. The van der Waals surface area contributed by atoms with Crippen LogP contribution in [0.2, 0.25) is 0 Å². The lowest BCUT2D eigenvalue weighted by atomic mass is 10.0. The Balaban J connectivity index is 1.93. The van der Waals surface area contributed by atoms with Gasteiger partial charge in [0.05, 0.1) is 0 Å². The van der Waals surface area contributed by atoms with E-state index in [0.29, 0.717) is 24.1 Å².